The van der Waals surface area contributed by atoms with Gasteiger partial charge in [0.1, 0.15) is 11.3 Å². The molecule has 0 unspecified atom stereocenters. The molecule has 1 aromatic heterocycles. The Kier molecular flexibility index (Phi) is 6.26. The van der Waals surface area contributed by atoms with Crippen LogP contribution in [-0.4, -0.2) is 17.5 Å². The number of amides is 1. The molecule has 0 atom stereocenters. The van der Waals surface area contributed by atoms with Gasteiger partial charge in [0.15, 0.2) is 12.2 Å². The Morgan fingerprint density at radius 3 is 2.56 bits per heavy atom. The molecule has 3 aromatic carbocycles. The molecule has 32 heavy (non-hydrogen) atoms. The molecule has 5 heteroatoms. The van der Waals surface area contributed by atoms with E-state index in [1.165, 1.54) is 11.1 Å². The fraction of sp³-hybridized carbons (Fsp3) is 0.259. The number of fused-ring (bicyclic) bond motifs is 1. The first-order valence-electron chi connectivity index (χ1n) is 11.0. The van der Waals surface area contributed by atoms with Crippen LogP contribution in [0.25, 0.3) is 22.6 Å². The maximum Gasteiger partial charge on any atom is 0.262 e. The number of nitrogens with one attached hydrogen (secondary N) is 1. The number of nitrogens with zero attached hydrogens (tertiary/aromatic N) is 1. The van der Waals surface area contributed by atoms with Gasteiger partial charge < -0.3 is 14.5 Å². The van der Waals surface area contributed by atoms with Crippen LogP contribution in [-0.2, 0) is 11.2 Å². The molecule has 0 radical (unpaired) electrons. The van der Waals surface area contributed by atoms with Crippen LogP contribution in [0.2, 0.25) is 0 Å². The van der Waals surface area contributed by atoms with E-state index < -0.39 is 0 Å². The Morgan fingerprint density at radius 1 is 1.06 bits per heavy atom. The molecule has 0 spiro atoms. The third-order valence-corrected chi connectivity index (χ3v) is 5.54. The van der Waals surface area contributed by atoms with Crippen molar-refractivity contribution in [2.45, 2.75) is 40.0 Å². The molecule has 1 N–H and O–H groups in total. The SMILES string of the molecule is CCc1ccc(OCC(=O)Nc2cc(-c3nc4cc(C(C)C)ccc4o3)ccc2C)cc1. The van der Waals surface area contributed by atoms with Gasteiger partial charge in [0.2, 0.25) is 5.89 Å². The zero-order chi connectivity index (χ0) is 22.7. The standard InChI is InChI=1S/C27H28N2O3/c1-5-19-7-11-22(12-8-19)31-16-26(30)28-23-15-21(9-6-18(23)4)27-29-24-14-20(17(2)3)10-13-25(24)32-27/h6-15,17H,5,16H2,1-4H3,(H,28,30). The van der Waals surface area contributed by atoms with Crippen molar-refractivity contribution in [3.05, 3.63) is 77.4 Å². The van der Waals surface area contributed by atoms with Crippen LogP contribution in [0.1, 0.15) is 43.4 Å². The number of anilines is 1. The fourth-order valence-electron chi connectivity index (χ4n) is 3.47. The van der Waals surface area contributed by atoms with E-state index in [1.54, 1.807) is 0 Å². The van der Waals surface area contributed by atoms with E-state index in [-0.39, 0.29) is 12.5 Å². The van der Waals surface area contributed by atoms with Crippen LogP contribution in [0.3, 0.4) is 0 Å². The maximum atomic E-state index is 12.5. The van der Waals surface area contributed by atoms with E-state index in [2.05, 4.69) is 43.2 Å². The minimum atomic E-state index is -0.219. The van der Waals surface area contributed by atoms with Gasteiger partial charge in [-0.3, -0.25) is 4.79 Å². The third kappa shape index (κ3) is 4.83. The minimum absolute atomic E-state index is 0.0595. The summed E-state index contributed by atoms with van der Waals surface area (Å²) in [5.41, 5.74) is 6.50. The number of carbonyl (C=O) groups excluding carboxylic acids is 1. The van der Waals surface area contributed by atoms with Gasteiger partial charge in [0.25, 0.3) is 5.91 Å². The average molecular weight is 429 g/mol. The molecule has 0 aliphatic heterocycles. The second-order valence-electron chi connectivity index (χ2n) is 8.26. The number of ether oxygens (including phenoxy) is 1. The smallest absolute Gasteiger partial charge is 0.262 e. The van der Waals surface area contributed by atoms with Crippen LogP contribution in [0.15, 0.2) is 65.1 Å². The molecule has 5 nitrogen and oxygen atoms in total. The molecule has 1 heterocycles. The summed E-state index contributed by atoms with van der Waals surface area (Å²) in [4.78, 5) is 17.1. The summed E-state index contributed by atoms with van der Waals surface area (Å²) in [6, 6.07) is 19.7. The number of hydrogen-bond donors (Lipinski definition) is 1. The first-order valence-corrected chi connectivity index (χ1v) is 11.0. The van der Waals surface area contributed by atoms with Crippen molar-refractivity contribution in [3.63, 3.8) is 0 Å². The van der Waals surface area contributed by atoms with Gasteiger partial charge in [0, 0.05) is 11.3 Å². The molecule has 0 saturated carbocycles. The lowest BCUT2D eigenvalue weighted by molar-refractivity contribution is -0.118. The molecule has 4 rings (SSSR count). The molecule has 0 aliphatic rings. The molecule has 0 saturated heterocycles. The lowest BCUT2D eigenvalue weighted by Crippen LogP contribution is -2.20. The highest BCUT2D eigenvalue weighted by Gasteiger charge is 2.13. The van der Waals surface area contributed by atoms with Crippen LogP contribution in [0, 0.1) is 6.92 Å². The Bertz CT molecular complexity index is 1240. The molecule has 0 bridgehead atoms. The van der Waals surface area contributed by atoms with E-state index in [1.807, 2.05) is 55.5 Å². The quantitative estimate of drug-likeness (QED) is 0.365. The summed E-state index contributed by atoms with van der Waals surface area (Å²) in [6.07, 6.45) is 0.968. The summed E-state index contributed by atoms with van der Waals surface area (Å²) in [7, 11) is 0. The lowest BCUT2D eigenvalue weighted by atomic mass is 10.0. The molecular formula is C27H28N2O3. The maximum absolute atomic E-state index is 12.5. The van der Waals surface area contributed by atoms with Crippen molar-refractivity contribution in [3.8, 4) is 17.2 Å². The highest BCUT2D eigenvalue weighted by molar-refractivity contribution is 5.93. The first kappa shape index (κ1) is 21.6. The molecule has 1 amide bonds. The van der Waals surface area contributed by atoms with Crippen LogP contribution in [0.5, 0.6) is 5.75 Å². The van der Waals surface area contributed by atoms with E-state index >= 15 is 0 Å². The Morgan fingerprint density at radius 2 is 1.84 bits per heavy atom. The molecular weight excluding hydrogens is 400 g/mol. The molecule has 4 aromatic rings. The number of aryl methyl sites for hydroxylation is 2. The van der Waals surface area contributed by atoms with Gasteiger partial charge in [-0.05, 0) is 72.4 Å². The highest BCUT2D eigenvalue weighted by atomic mass is 16.5. The van der Waals surface area contributed by atoms with Crippen molar-refractivity contribution >= 4 is 22.7 Å². The second kappa shape index (κ2) is 9.27. The topological polar surface area (TPSA) is 64.4 Å². The fourth-order valence-corrected chi connectivity index (χ4v) is 3.47. The zero-order valence-corrected chi connectivity index (χ0v) is 18.9. The summed E-state index contributed by atoms with van der Waals surface area (Å²) in [5.74, 6) is 1.41. The van der Waals surface area contributed by atoms with Gasteiger partial charge in [-0.15, -0.1) is 0 Å². The average Bonchev–Trinajstić information content (AvgIpc) is 3.23. The number of rotatable bonds is 7. The number of hydrogen-bond acceptors (Lipinski definition) is 4. The van der Waals surface area contributed by atoms with Crippen LogP contribution >= 0.6 is 0 Å². The van der Waals surface area contributed by atoms with E-state index in [4.69, 9.17) is 9.15 Å². The number of carbonyl (C=O) groups is 1. The second-order valence-corrected chi connectivity index (χ2v) is 8.26. The summed E-state index contributed by atoms with van der Waals surface area (Å²) < 4.78 is 11.6. The zero-order valence-electron chi connectivity index (χ0n) is 18.9. The lowest BCUT2D eigenvalue weighted by Gasteiger charge is -2.11. The molecule has 0 fully saturated rings. The van der Waals surface area contributed by atoms with Crippen molar-refractivity contribution < 1.29 is 13.9 Å². The largest absolute Gasteiger partial charge is 0.484 e. The first-order chi connectivity index (χ1) is 15.4. The highest BCUT2D eigenvalue weighted by Crippen LogP contribution is 2.29. The third-order valence-electron chi connectivity index (χ3n) is 5.54. The van der Waals surface area contributed by atoms with Gasteiger partial charge in [-0.25, -0.2) is 4.98 Å². The van der Waals surface area contributed by atoms with E-state index in [0.717, 1.165) is 28.6 Å². The summed E-state index contributed by atoms with van der Waals surface area (Å²) in [6.45, 7) is 8.30. The number of benzene rings is 3. The number of aromatic nitrogens is 1. The van der Waals surface area contributed by atoms with Crippen LogP contribution in [0.4, 0.5) is 5.69 Å². The predicted molar refractivity (Wildman–Crippen MR) is 128 cm³/mol. The van der Waals surface area contributed by atoms with Crippen molar-refractivity contribution in [2.24, 2.45) is 0 Å². The summed E-state index contributed by atoms with van der Waals surface area (Å²) >= 11 is 0. The van der Waals surface area contributed by atoms with Gasteiger partial charge in [-0.1, -0.05) is 45.0 Å². The summed E-state index contributed by atoms with van der Waals surface area (Å²) in [5, 5.41) is 2.94. The molecule has 0 aliphatic carbocycles. The normalized spacial score (nSPS) is 11.2. The Labute approximate surface area is 188 Å². The monoisotopic (exact) mass is 428 g/mol. The van der Waals surface area contributed by atoms with Gasteiger partial charge in [0.05, 0.1) is 0 Å². The van der Waals surface area contributed by atoms with Crippen molar-refractivity contribution in [2.75, 3.05) is 11.9 Å². The van der Waals surface area contributed by atoms with Crippen molar-refractivity contribution in [1.82, 2.24) is 4.98 Å². The van der Waals surface area contributed by atoms with E-state index in [0.29, 0.717) is 23.2 Å². The van der Waals surface area contributed by atoms with Crippen LogP contribution < -0.4 is 10.1 Å². The number of oxazole rings is 1. The van der Waals surface area contributed by atoms with Gasteiger partial charge >= 0.3 is 0 Å². The Balaban J connectivity index is 1.48. The van der Waals surface area contributed by atoms with Crippen molar-refractivity contribution in [1.29, 1.82) is 0 Å². The Hall–Kier alpha value is -3.60. The minimum Gasteiger partial charge on any atom is -0.484 e. The van der Waals surface area contributed by atoms with E-state index in [9.17, 15) is 4.79 Å². The predicted octanol–water partition coefficient (Wildman–Crippen LogP) is 6.51. The molecule has 164 valence electrons. The van der Waals surface area contributed by atoms with Gasteiger partial charge in [-0.2, -0.15) is 0 Å².